The fraction of sp³-hybridized carbons (Fsp3) is 0.111. The van der Waals surface area contributed by atoms with Crippen LogP contribution in [0.1, 0.15) is 11.9 Å². The second-order valence-corrected chi connectivity index (χ2v) is 2.73. The maximum absolute atomic E-state index is 11.0. The molecule has 1 aromatic carbocycles. The molecule has 0 unspecified atom stereocenters. The number of carbonyl (C=O) groups excluding carboxylic acids is 1. The average molecular weight is 176 g/mol. The van der Waals surface area contributed by atoms with Crippen LogP contribution in [-0.4, -0.2) is 15.7 Å². The Morgan fingerprint density at radius 2 is 2.38 bits per heavy atom. The summed E-state index contributed by atoms with van der Waals surface area (Å²) >= 11 is 0. The molecule has 0 aliphatic carbocycles. The number of hydrogen-bond acceptors (Lipinski definition) is 2. The van der Waals surface area contributed by atoms with Gasteiger partial charge >= 0.3 is 0 Å². The number of amides is 1. The lowest BCUT2D eigenvalue weighted by molar-refractivity contribution is 0.0996. The number of aryl methyl sites for hydroxylation is 1. The maximum atomic E-state index is 11.0. The molecular weight excluding hydrogens is 166 g/mol. The number of nitrogens with two attached hydrogens (primary N) is 1. The van der Waals surface area contributed by atoms with Gasteiger partial charge in [-0.2, -0.15) is 5.10 Å². The minimum atomic E-state index is -0.562. The third-order valence-corrected chi connectivity index (χ3v) is 1.89. The minimum Gasteiger partial charge on any atom is -0.364 e. The van der Waals surface area contributed by atoms with Crippen LogP contribution in [0.15, 0.2) is 24.3 Å². The van der Waals surface area contributed by atoms with Gasteiger partial charge in [-0.1, -0.05) is 18.2 Å². The summed E-state index contributed by atoms with van der Waals surface area (Å²) in [5, 5.41) is 4.66. The molecule has 2 rings (SSSR count). The normalized spacial score (nSPS) is 11.5. The highest BCUT2D eigenvalue weighted by Gasteiger charge is 2.11. The van der Waals surface area contributed by atoms with Gasteiger partial charge in [-0.3, -0.25) is 9.48 Å². The third kappa shape index (κ3) is 1.07. The highest BCUT2D eigenvalue weighted by atomic mass is 16.1. The Kier molecular flexibility index (Phi) is 1.32. The van der Waals surface area contributed by atoms with Gasteiger partial charge in [0.05, 0.1) is 5.52 Å². The van der Waals surface area contributed by atoms with E-state index in [1.807, 2.05) is 18.2 Å². The molecule has 0 aliphatic rings. The van der Waals surface area contributed by atoms with E-state index in [4.69, 9.17) is 7.10 Å². The van der Waals surface area contributed by atoms with Crippen molar-refractivity contribution >= 4 is 16.8 Å². The lowest BCUT2D eigenvalue weighted by atomic mass is 10.2. The summed E-state index contributed by atoms with van der Waals surface area (Å²) in [5.41, 5.74) is 6.16. The number of hydrogen-bond donors (Lipinski definition) is 1. The molecule has 2 N–H and O–H groups in total. The Morgan fingerprint density at radius 3 is 3.08 bits per heavy atom. The van der Waals surface area contributed by atoms with Gasteiger partial charge in [0.25, 0.3) is 5.91 Å². The first-order chi connectivity index (χ1) is 6.74. The van der Waals surface area contributed by atoms with Crippen LogP contribution in [0.25, 0.3) is 10.9 Å². The molecule has 13 heavy (non-hydrogen) atoms. The molecule has 2 aromatic rings. The van der Waals surface area contributed by atoms with Crippen molar-refractivity contribution in [2.75, 3.05) is 0 Å². The van der Waals surface area contributed by atoms with Crippen LogP contribution in [0.5, 0.6) is 0 Å². The Hall–Kier alpha value is -1.84. The van der Waals surface area contributed by atoms with Crippen LogP contribution in [-0.2, 0) is 7.02 Å². The molecule has 0 aliphatic heterocycles. The first kappa shape index (κ1) is 6.65. The first-order valence-corrected chi connectivity index (χ1v) is 3.78. The maximum Gasteiger partial charge on any atom is 0.269 e. The molecule has 0 fully saturated rings. The number of benzene rings is 1. The summed E-state index contributed by atoms with van der Waals surface area (Å²) in [6.45, 7) is 0. The second kappa shape index (κ2) is 2.58. The van der Waals surface area contributed by atoms with E-state index in [0.717, 1.165) is 5.52 Å². The molecule has 0 spiro atoms. The summed E-state index contributed by atoms with van der Waals surface area (Å²) in [6.07, 6.45) is 0. The highest BCUT2D eigenvalue weighted by molar-refractivity contribution is 6.03. The van der Waals surface area contributed by atoms with Gasteiger partial charge in [-0.15, -0.1) is 0 Å². The van der Waals surface area contributed by atoms with Crippen LogP contribution in [0.4, 0.5) is 0 Å². The van der Waals surface area contributed by atoms with Crippen molar-refractivity contribution in [3.63, 3.8) is 0 Å². The van der Waals surface area contributed by atoms with Crippen LogP contribution >= 0.6 is 0 Å². The zero-order chi connectivity index (χ0) is 10.1. The zero-order valence-corrected chi connectivity index (χ0v) is 6.90. The van der Waals surface area contributed by atoms with Crippen LogP contribution in [0.2, 0.25) is 0 Å². The predicted molar refractivity (Wildman–Crippen MR) is 49.2 cm³/mol. The monoisotopic (exact) mass is 176 g/mol. The van der Waals surface area contributed by atoms with E-state index >= 15 is 0 Å². The minimum absolute atomic E-state index is 0.0200. The molecule has 66 valence electrons. The van der Waals surface area contributed by atoms with Crippen molar-refractivity contribution in [2.24, 2.45) is 12.8 Å². The van der Waals surface area contributed by atoms with Crippen LogP contribution in [0.3, 0.4) is 0 Å². The van der Waals surface area contributed by atoms with Gasteiger partial charge in [0, 0.05) is 13.8 Å². The van der Waals surface area contributed by atoms with Crippen molar-refractivity contribution in [2.45, 2.75) is 0 Å². The third-order valence-electron chi connectivity index (χ3n) is 1.89. The van der Waals surface area contributed by atoms with Gasteiger partial charge in [0.2, 0.25) is 0 Å². The summed E-state index contributed by atoms with van der Waals surface area (Å²) in [5.74, 6) is -0.562. The van der Waals surface area contributed by atoms with Crippen molar-refractivity contribution in [3.05, 3.63) is 30.0 Å². The number of aromatic nitrogens is 2. The van der Waals surface area contributed by atoms with Crippen LogP contribution in [0, 0.1) is 0 Å². The number of carbonyl (C=O) groups is 1. The number of primary amides is 1. The van der Waals surface area contributed by atoms with Gasteiger partial charge in [0.1, 0.15) is 0 Å². The summed E-state index contributed by atoms with van der Waals surface area (Å²) in [7, 11) is -0.0200. The smallest absolute Gasteiger partial charge is 0.269 e. The summed E-state index contributed by atoms with van der Waals surface area (Å²) in [4.78, 5) is 11.0. The van der Waals surface area contributed by atoms with E-state index < -0.39 is 5.91 Å². The van der Waals surface area contributed by atoms with Gasteiger partial charge in [-0.25, -0.2) is 0 Å². The molecule has 1 aromatic heterocycles. The fourth-order valence-corrected chi connectivity index (χ4v) is 1.31. The number of para-hydroxylation sites is 1. The predicted octanol–water partition coefficient (Wildman–Crippen LogP) is 0.672. The second-order valence-electron chi connectivity index (χ2n) is 2.73. The fourth-order valence-electron chi connectivity index (χ4n) is 1.31. The molecular formula is C9H9N3O. The van der Waals surface area contributed by atoms with Crippen molar-refractivity contribution < 1.29 is 6.17 Å². The molecule has 0 radical (unpaired) electrons. The van der Waals surface area contributed by atoms with Crippen molar-refractivity contribution in [1.29, 1.82) is 0 Å². The van der Waals surface area contributed by atoms with Gasteiger partial charge in [0.15, 0.2) is 5.69 Å². The Bertz CT molecular complexity index is 492. The number of rotatable bonds is 1. The van der Waals surface area contributed by atoms with Gasteiger partial charge in [-0.05, 0) is 6.07 Å². The van der Waals surface area contributed by atoms with Gasteiger partial charge < -0.3 is 5.73 Å². The van der Waals surface area contributed by atoms with Crippen molar-refractivity contribution in [3.8, 4) is 0 Å². The quantitative estimate of drug-likeness (QED) is 0.694. The molecule has 1 heterocycles. The summed E-state index contributed by atoms with van der Waals surface area (Å²) < 4.78 is 8.67. The van der Waals surface area contributed by atoms with Crippen LogP contribution < -0.4 is 5.73 Å². The molecule has 4 heteroatoms. The van der Waals surface area contributed by atoms with E-state index in [1.54, 1.807) is 6.07 Å². The molecule has 1 amide bonds. The largest absolute Gasteiger partial charge is 0.364 e. The first-order valence-electron chi connectivity index (χ1n) is 4.49. The lowest BCUT2D eigenvalue weighted by Gasteiger charge is -1.90. The SMILES string of the molecule is [2H]Cn1nc(C(N)=O)c2ccccc21. The van der Waals surface area contributed by atoms with Crippen molar-refractivity contribution in [1.82, 2.24) is 9.78 Å². The molecule has 4 nitrogen and oxygen atoms in total. The van der Waals surface area contributed by atoms with E-state index in [-0.39, 0.29) is 12.7 Å². The lowest BCUT2D eigenvalue weighted by Crippen LogP contribution is -2.12. The van der Waals surface area contributed by atoms with E-state index in [1.165, 1.54) is 4.68 Å². The number of nitrogens with zero attached hydrogens (tertiary/aromatic N) is 2. The number of fused-ring (bicyclic) bond motifs is 1. The zero-order valence-electron chi connectivity index (χ0n) is 7.90. The molecule has 0 bridgehead atoms. The highest BCUT2D eigenvalue weighted by Crippen LogP contribution is 2.16. The molecule has 0 saturated heterocycles. The standard InChI is InChI=1S/C9H9N3O/c1-12-7-5-3-2-4-6(7)8(11-12)9(10)13/h2-5H,1H3,(H2,10,13)/i1D. The topological polar surface area (TPSA) is 60.9 Å². The Labute approximate surface area is 76.4 Å². The van der Waals surface area contributed by atoms with E-state index in [0.29, 0.717) is 5.39 Å². The molecule has 0 saturated carbocycles. The molecule has 0 atom stereocenters. The van der Waals surface area contributed by atoms with E-state index in [2.05, 4.69) is 5.10 Å². The van der Waals surface area contributed by atoms with E-state index in [9.17, 15) is 4.79 Å². The Balaban J connectivity index is 2.80. The average Bonchev–Trinajstić information content (AvgIpc) is 2.56. The summed E-state index contributed by atoms with van der Waals surface area (Å²) in [6, 6.07) is 7.23. The Morgan fingerprint density at radius 1 is 1.62 bits per heavy atom.